The summed E-state index contributed by atoms with van der Waals surface area (Å²) in [5, 5.41) is 29.6. The third kappa shape index (κ3) is 6.42. The van der Waals surface area contributed by atoms with Crippen LogP contribution in [-0.2, 0) is 16.0 Å². The smallest absolute Gasteiger partial charge is 0.311 e. The molecule has 44 heavy (non-hydrogen) atoms. The van der Waals surface area contributed by atoms with E-state index in [2.05, 4.69) is 15.5 Å². The molecule has 11 heteroatoms. The quantitative estimate of drug-likeness (QED) is 0.259. The number of amides is 2. The Balaban J connectivity index is 1.62. The number of aliphatic hydroxyl groups is 1. The van der Waals surface area contributed by atoms with Crippen molar-refractivity contribution in [1.29, 1.82) is 0 Å². The van der Waals surface area contributed by atoms with Crippen molar-refractivity contribution < 1.29 is 29.0 Å². The molecule has 0 spiro atoms. The van der Waals surface area contributed by atoms with Gasteiger partial charge in [-0.15, -0.1) is 0 Å². The zero-order valence-electron chi connectivity index (χ0n) is 25.4. The van der Waals surface area contributed by atoms with E-state index in [1.807, 2.05) is 6.92 Å². The van der Waals surface area contributed by atoms with Crippen LogP contribution in [0.3, 0.4) is 0 Å². The van der Waals surface area contributed by atoms with Crippen LogP contribution in [-0.4, -0.2) is 61.8 Å². The first-order valence-electron chi connectivity index (χ1n) is 14.8. The van der Waals surface area contributed by atoms with Crippen molar-refractivity contribution in [2.24, 2.45) is 5.41 Å². The fraction of sp³-hybridized carbons (Fsp3) is 0.424. The van der Waals surface area contributed by atoms with E-state index in [1.165, 1.54) is 23.1 Å². The van der Waals surface area contributed by atoms with Crippen molar-refractivity contribution in [3.63, 3.8) is 0 Å². The molecule has 4 N–H and O–H groups in total. The van der Waals surface area contributed by atoms with Gasteiger partial charge in [0.15, 0.2) is 0 Å². The average Bonchev–Trinajstić information content (AvgIpc) is 3.44. The van der Waals surface area contributed by atoms with Gasteiger partial charge < -0.3 is 20.4 Å². The molecular weight excluding hydrogens is 567 g/mol. The van der Waals surface area contributed by atoms with Crippen molar-refractivity contribution in [1.82, 2.24) is 20.4 Å². The summed E-state index contributed by atoms with van der Waals surface area (Å²) >= 11 is 0. The van der Waals surface area contributed by atoms with Crippen LogP contribution in [0.5, 0.6) is 0 Å². The van der Waals surface area contributed by atoms with Gasteiger partial charge in [-0.1, -0.05) is 32.0 Å². The van der Waals surface area contributed by atoms with Gasteiger partial charge in [0.1, 0.15) is 11.9 Å². The molecule has 234 valence electrons. The Labute approximate surface area is 255 Å². The normalized spacial score (nSPS) is 17.4. The highest BCUT2D eigenvalue weighted by Gasteiger charge is 2.53. The van der Waals surface area contributed by atoms with Gasteiger partial charge in [0.05, 0.1) is 23.8 Å². The number of likely N-dealkylation sites (tertiary alicyclic amines) is 1. The number of aliphatic hydroxyl groups excluding tert-OH is 1. The van der Waals surface area contributed by atoms with Gasteiger partial charge >= 0.3 is 5.97 Å². The Hall–Kier alpha value is -4.38. The lowest BCUT2D eigenvalue weighted by Crippen LogP contribution is -2.57. The maximum atomic E-state index is 14.2. The number of aryl methyl sites for hydroxylation is 2. The van der Waals surface area contributed by atoms with Crippen LogP contribution >= 0.6 is 0 Å². The van der Waals surface area contributed by atoms with Crippen molar-refractivity contribution in [3.8, 4) is 0 Å². The molecule has 2 aromatic carbocycles. The molecule has 0 bridgehead atoms. The zero-order valence-corrected chi connectivity index (χ0v) is 25.4. The van der Waals surface area contributed by atoms with Gasteiger partial charge in [0.25, 0.3) is 11.5 Å². The van der Waals surface area contributed by atoms with E-state index < -0.39 is 53.7 Å². The number of aromatic amines is 1. The molecule has 0 aliphatic carbocycles. The Morgan fingerprint density at radius 2 is 1.82 bits per heavy atom. The Bertz CT molecular complexity index is 1600. The third-order valence-electron chi connectivity index (χ3n) is 8.98. The molecule has 1 fully saturated rings. The first-order valence-corrected chi connectivity index (χ1v) is 14.8. The molecule has 0 radical (unpaired) electrons. The minimum atomic E-state index is -1.36. The summed E-state index contributed by atoms with van der Waals surface area (Å²) in [6.07, 6.45) is 1.63. The number of aliphatic carboxylic acids is 1. The first kappa shape index (κ1) is 32.5. The first-order chi connectivity index (χ1) is 20.9. The topological polar surface area (TPSA) is 153 Å². The van der Waals surface area contributed by atoms with Crippen LogP contribution in [0.25, 0.3) is 0 Å². The zero-order chi connectivity index (χ0) is 32.2. The molecule has 4 rings (SSSR count). The maximum Gasteiger partial charge on any atom is 0.311 e. The van der Waals surface area contributed by atoms with Crippen molar-refractivity contribution in [3.05, 3.63) is 98.2 Å². The number of rotatable bonds is 11. The molecule has 0 unspecified atom stereocenters. The number of nitrogens with zero attached hydrogens (tertiary/aromatic N) is 2. The van der Waals surface area contributed by atoms with Crippen molar-refractivity contribution in [2.75, 3.05) is 6.61 Å². The van der Waals surface area contributed by atoms with Gasteiger partial charge in [-0.2, -0.15) is 5.10 Å². The number of H-pyrrole nitrogens is 1. The molecule has 0 saturated carbocycles. The van der Waals surface area contributed by atoms with E-state index >= 15 is 0 Å². The minimum absolute atomic E-state index is 0.249. The van der Waals surface area contributed by atoms with Gasteiger partial charge in [0, 0.05) is 23.6 Å². The summed E-state index contributed by atoms with van der Waals surface area (Å²) in [4.78, 5) is 53.7. The lowest BCUT2D eigenvalue weighted by molar-refractivity contribution is -0.157. The van der Waals surface area contributed by atoms with E-state index in [0.717, 1.165) is 11.1 Å². The second kappa shape index (κ2) is 13.5. The molecule has 3 atom stereocenters. The predicted octanol–water partition coefficient (Wildman–Crippen LogP) is 3.83. The molecule has 1 aliphatic rings. The molecule has 2 amide bonds. The fourth-order valence-corrected chi connectivity index (χ4v) is 6.41. The summed E-state index contributed by atoms with van der Waals surface area (Å²) in [6, 6.07) is 9.77. The standard InChI is InChI=1S/C33H39FN4O6/c1-5-33(6-2,32(43)44)28-13-12-27(22-8-7-9-25(34)17-22)38(28)31(42)26(18-39)35-29(40)23-11-10-21(19(3)14-23)16-24-15-20(4)36-37-30(24)41/h7-11,14-15,17,26-28,39H,5-6,12-13,16,18H2,1-4H3,(H,35,40)(H,37,41)(H,43,44)/t26-,27+,28-/m1/s1. The number of nitrogens with one attached hydrogen (secondary N) is 2. The predicted molar refractivity (Wildman–Crippen MR) is 162 cm³/mol. The average molecular weight is 607 g/mol. The fourth-order valence-electron chi connectivity index (χ4n) is 6.41. The number of halogens is 1. The van der Waals surface area contributed by atoms with Crippen LogP contribution in [0, 0.1) is 25.1 Å². The van der Waals surface area contributed by atoms with E-state index in [4.69, 9.17) is 0 Å². The summed E-state index contributed by atoms with van der Waals surface area (Å²) in [7, 11) is 0. The largest absolute Gasteiger partial charge is 0.481 e. The minimum Gasteiger partial charge on any atom is -0.481 e. The number of aromatic nitrogens is 2. The number of hydrogen-bond donors (Lipinski definition) is 4. The van der Waals surface area contributed by atoms with E-state index in [9.17, 15) is 33.8 Å². The van der Waals surface area contributed by atoms with Crippen LogP contribution < -0.4 is 10.9 Å². The van der Waals surface area contributed by atoms with E-state index in [-0.39, 0.29) is 24.0 Å². The van der Waals surface area contributed by atoms with Gasteiger partial charge in [-0.05, 0) is 86.6 Å². The van der Waals surface area contributed by atoms with Crippen LogP contribution in [0.15, 0.2) is 53.3 Å². The molecule has 1 aromatic heterocycles. The second-order valence-electron chi connectivity index (χ2n) is 11.5. The summed E-state index contributed by atoms with van der Waals surface area (Å²) in [5.41, 5.74) is 2.00. The lowest BCUT2D eigenvalue weighted by Gasteiger charge is -2.42. The van der Waals surface area contributed by atoms with Crippen LogP contribution in [0.1, 0.15) is 83.9 Å². The van der Waals surface area contributed by atoms with Gasteiger partial charge in [-0.3, -0.25) is 19.2 Å². The van der Waals surface area contributed by atoms with Gasteiger partial charge in [0.2, 0.25) is 5.91 Å². The van der Waals surface area contributed by atoms with Crippen molar-refractivity contribution >= 4 is 17.8 Å². The monoisotopic (exact) mass is 606 g/mol. The Morgan fingerprint density at radius 3 is 2.43 bits per heavy atom. The lowest BCUT2D eigenvalue weighted by atomic mass is 9.74. The molecule has 1 aliphatic heterocycles. The highest BCUT2D eigenvalue weighted by atomic mass is 19.1. The second-order valence-corrected chi connectivity index (χ2v) is 11.5. The molecule has 10 nitrogen and oxygen atoms in total. The number of benzene rings is 2. The SMILES string of the molecule is CCC(CC)(C(=O)O)[C@H]1CC[C@@H](c2cccc(F)c2)N1C(=O)[C@@H](CO)NC(=O)c1ccc(Cc2cc(C)n[nH]c2=O)c(C)c1. The molecule has 2 heterocycles. The van der Waals surface area contributed by atoms with Crippen LogP contribution in [0.4, 0.5) is 4.39 Å². The van der Waals surface area contributed by atoms with Crippen molar-refractivity contribution in [2.45, 2.75) is 77.9 Å². The van der Waals surface area contributed by atoms with E-state index in [0.29, 0.717) is 36.1 Å². The molecule has 3 aromatic rings. The summed E-state index contributed by atoms with van der Waals surface area (Å²) < 4.78 is 14.2. The summed E-state index contributed by atoms with van der Waals surface area (Å²) in [6.45, 7) is 6.39. The Kier molecular flexibility index (Phi) is 9.98. The summed E-state index contributed by atoms with van der Waals surface area (Å²) in [5.74, 6) is -2.75. The highest BCUT2D eigenvalue weighted by molar-refractivity contribution is 5.98. The molecule has 1 saturated heterocycles. The highest BCUT2D eigenvalue weighted by Crippen LogP contribution is 2.47. The maximum absolute atomic E-state index is 14.2. The number of carbonyl (C=O) groups is 3. The number of carbonyl (C=O) groups excluding carboxylic acids is 2. The number of carboxylic acid groups (broad SMARTS) is 1. The number of carboxylic acids is 1. The van der Waals surface area contributed by atoms with Gasteiger partial charge in [-0.25, -0.2) is 9.49 Å². The van der Waals surface area contributed by atoms with Crippen LogP contribution in [0.2, 0.25) is 0 Å². The van der Waals surface area contributed by atoms with E-state index in [1.54, 1.807) is 51.1 Å². The third-order valence-corrected chi connectivity index (χ3v) is 8.98. The number of hydrogen-bond acceptors (Lipinski definition) is 6. The molecular formula is C33H39FN4O6. The Morgan fingerprint density at radius 1 is 1.09 bits per heavy atom.